The summed E-state index contributed by atoms with van der Waals surface area (Å²) in [5, 5.41) is 0. The van der Waals surface area contributed by atoms with E-state index in [-0.39, 0.29) is 18.1 Å². The Kier molecular flexibility index (Phi) is 5.05. The summed E-state index contributed by atoms with van der Waals surface area (Å²) in [7, 11) is 2.86. The standard InChI is InChI=1S/C17H19NO5/c1-10-15(11(2)18-16(10)17(20)22-4)14(19)9-23-13-7-5-6-12(8-13)21-3/h5-8,18H,9H2,1-4H3. The van der Waals surface area contributed by atoms with Crippen LogP contribution in [0.25, 0.3) is 0 Å². The number of aromatic amines is 1. The molecule has 0 radical (unpaired) electrons. The highest BCUT2D eigenvalue weighted by Crippen LogP contribution is 2.21. The number of aromatic nitrogens is 1. The SMILES string of the molecule is COC(=O)c1[nH]c(C)c(C(=O)COc2cccc(OC)c2)c1C. The molecule has 1 heterocycles. The Hall–Kier alpha value is -2.76. The van der Waals surface area contributed by atoms with Crippen LogP contribution in [0.4, 0.5) is 0 Å². The molecule has 2 aromatic rings. The summed E-state index contributed by atoms with van der Waals surface area (Å²) < 4.78 is 15.3. The minimum atomic E-state index is -0.502. The van der Waals surface area contributed by atoms with Gasteiger partial charge < -0.3 is 19.2 Å². The second-order valence-electron chi connectivity index (χ2n) is 5.01. The van der Waals surface area contributed by atoms with E-state index in [1.165, 1.54) is 7.11 Å². The lowest BCUT2D eigenvalue weighted by atomic mass is 10.1. The van der Waals surface area contributed by atoms with Crippen molar-refractivity contribution in [3.8, 4) is 11.5 Å². The lowest BCUT2D eigenvalue weighted by molar-refractivity contribution is 0.0594. The van der Waals surface area contributed by atoms with Crippen molar-refractivity contribution in [1.29, 1.82) is 0 Å². The van der Waals surface area contributed by atoms with Crippen molar-refractivity contribution in [1.82, 2.24) is 4.98 Å². The molecule has 0 amide bonds. The molecule has 0 aliphatic carbocycles. The van der Waals surface area contributed by atoms with Gasteiger partial charge in [-0.2, -0.15) is 0 Å². The van der Waals surface area contributed by atoms with Crippen molar-refractivity contribution in [2.45, 2.75) is 13.8 Å². The van der Waals surface area contributed by atoms with E-state index in [2.05, 4.69) is 4.98 Å². The zero-order chi connectivity index (χ0) is 17.0. The van der Waals surface area contributed by atoms with Gasteiger partial charge in [0.1, 0.15) is 17.2 Å². The van der Waals surface area contributed by atoms with Crippen molar-refractivity contribution >= 4 is 11.8 Å². The number of Topliss-reactive ketones (excluding diaryl/α,β-unsaturated/α-hetero) is 1. The Labute approximate surface area is 134 Å². The number of rotatable bonds is 6. The quantitative estimate of drug-likeness (QED) is 0.654. The number of ketones is 1. The normalized spacial score (nSPS) is 10.3. The molecule has 6 heteroatoms. The van der Waals surface area contributed by atoms with Gasteiger partial charge in [0.15, 0.2) is 6.61 Å². The second kappa shape index (κ2) is 7.00. The smallest absolute Gasteiger partial charge is 0.354 e. The molecular weight excluding hydrogens is 298 g/mol. The fourth-order valence-corrected chi connectivity index (χ4v) is 2.39. The first-order valence-electron chi connectivity index (χ1n) is 7.05. The first-order chi connectivity index (χ1) is 11.0. The number of carbonyl (C=O) groups is 2. The van der Waals surface area contributed by atoms with Gasteiger partial charge >= 0.3 is 5.97 Å². The predicted octanol–water partition coefficient (Wildman–Crippen LogP) is 2.69. The maximum Gasteiger partial charge on any atom is 0.354 e. The highest BCUT2D eigenvalue weighted by atomic mass is 16.5. The Balaban J connectivity index is 2.15. The number of H-pyrrole nitrogens is 1. The Bertz CT molecular complexity index is 733. The van der Waals surface area contributed by atoms with E-state index in [0.29, 0.717) is 28.3 Å². The first kappa shape index (κ1) is 16.6. The number of hydrogen-bond acceptors (Lipinski definition) is 5. The molecule has 1 aromatic carbocycles. The fourth-order valence-electron chi connectivity index (χ4n) is 2.39. The maximum atomic E-state index is 12.4. The van der Waals surface area contributed by atoms with Gasteiger partial charge in [0.2, 0.25) is 5.78 Å². The number of esters is 1. The third-order valence-corrected chi connectivity index (χ3v) is 3.52. The molecule has 0 spiro atoms. The number of methoxy groups -OCH3 is 2. The summed E-state index contributed by atoms with van der Waals surface area (Å²) in [4.78, 5) is 27.0. The second-order valence-corrected chi connectivity index (χ2v) is 5.01. The molecule has 1 aromatic heterocycles. The van der Waals surface area contributed by atoms with E-state index in [4.69, 9.17) is 14.2 Å². The molecule has 23 heavy (non-hydrogen) atoms. The van der Waals surface area contributed by atoms with E-state index >= 15 is 0 Å². The van der Waals surface area contributed by atoms with E-state index < -0.39 is 5.97 Å². The summed E-state index contributed by atoms with van der Waals surface area (Å²) in [5.74, 6) is 0.473. The Morgan fingerprint density at radius 2 is 1.83 bits per heavy atom. The van der Waals surface area contributed by atoms with Crippen molar-refractivity contribution in [2.75, 3.05) is 20.8 Å². The van der Waals surface area contributed by atoms with Gasteiger partial charge in [0, 0.05) is 17.3 Å². The molecule has 0 bridgehead atoms. The van der Waals surface area contributed by atoms with Crippen molar-refractivity contribution in [2.24, 2.45) is 0 Å². The van der Waals surface area contributed by atoms with Gasteiger partial charge in [0.25, 0.3) is 0 Å². The average molecular weight is 317 g/mol. The monoisotopic (exact) mass is 317 g/mol. The molecule has 0 aliphatic heterocycles. The van der Waals surface area contributed by atoms with Gasteiger partial charge in [-0.25, -0.2) is 4.79 Å². The maximum absolute atomic E-state index is 12.4. The minimum Gasteiger partial charge on any atom is -0.497 e. The summed E-state index contributed by atoms with van der Waals surface area (Å²) >= 11 is 0. The fraction of sp³-hybridized carbons (Fsp3) is 0.294. The van der Waals surface area contributed by atoms with Crippen LogP contribution in [0.5, 0.6) is 11.5 Å². The van der Waals surface area contributed by atoms with Gasteiger partial charge in [0.05, 0.1) is 14.2 Å². The molecule has 6 nitrogen and oxygen atoms in total. The molecule has 0 fully saturated rings. The molecule has 1 N–H and O–H groups in total. The third-order valence-electron chi connectivity index (χ3n) is 3.52. The minimum absolute atomic E-state index is 0.132. The molecular formula is C17H19NO5. The molecule has 0 saturated carbocycles. The van der Waals surface area contributed by atoms with Crippen LogP contribution < -0.4 is 9.47 Å². The zero-order valence-corrected chi connectivity index (χ0v) is 13.6. The summed E-state index contributed by atoms with van der Waals surface area (Å²) in [6, 6.07) is 7.01. The van der Waals surface area contributed by atoms with E-state index in [9.17, 15) is 9.59 Å². The van der Waals surface area contributed by atoms with E-state index in [1.807, 2.05) is 0 Å². The van der Waals surface area contributed by atoms with Gasteiger partial charge in [-0.15, -0.1) is 0 Å². The van der Waals surface area contributed by atoms with E-state index in [0.717, 1.165) is 0 Å². The number of carbonyl (C=O) groups excluding carboxylic acids is 2. The molecule has 0 aliphatic rings. The van der Waals surface area contributed by atoms with Crippen LogP contribution >= 0.6 is 0 Å². The van der Waals surface area contributed by atoms with Gasteiger partial charge in [-0.3, -0.25) is 4.79 Å². The zero-order valence-electron chi connectivity index (χ0n) is 13.6. The third kappa shape index (κ3) is 3.53. The van der Waals surface area contributed by atoms with Crippen LogP contribution in [-0.4, -0.2) is 37.6 Å². The predicted molar refractivity (Wildman–Crippen MR) is 84.4 cm³/mol. The van der Waals surface area contributed by atoms with Crippen molar-refractivity contribution < 1.29 is 23.8 Å². The van der Waals surface area contributed by atoms with Gasteiger partial charge in [-0.05, 0) is 31.5 Å². The summed E-state index contributed by atoms with van der Waals surface area (Å²) in [5.41, 5.74) is 1.92. The van der Waals surface area contributed by atoms with Crippen molar-refractivity contribution in [3.05, 3.63) is 46.8 Å². The van der Waals surface area contributed by atoms with Gasteiger partial charge in [-0.1, -0.05) is 6.07 Å². The highest BCUT2D eigenvalue weighted by molar-refractivity contribution is 6.03. The van der Waals surface area contributed by atoms with Crippen LogP contribution in [0, 0.1) is 13.8 Å². The molecule has 2 rings (SSSR count). The van der Waals surface area contributed by atoms with Crippen molar-refractivity contribution in [3.63, 3.8) is 0 Å². The summed E-state index contributed by atoms with van der Waals surface area (Å²) in [6.07, 6.45) is 0. The Morgan fingerprint density at radius 3 is 2.48 bits per heavy atom. The average Bonchev–Trinajstić information content (AvgIpc) is 2.86. The lowest BCUT2D eigenvalue weighted by Gasteiger charge is -2.07. The van der Waals surface area contributed by atoms with E-state index in [1.54, 1.807) is 45.2 Å². The topological polar surface area (TPSA) is 77.6 Å². The Morgan fingerprint density at radius 1 is 1.13 bits per heavy atom. The van der Waals surface area contributed by atoms with Crippen LogP contribution in [-0.2, 0) is 4.74 Å². The first-order valence-corrected chi connectivity index (χ1v) is 7.05. The number of hydrogen-bond donors (Lipinski definition) is 1. The number of nitrogens with one attached hydrogen (secondary N) is 1. The molecule has 0 atom stereocenters. The van der Waals surface area contributed by atoms with Crippen LogP contribution in [0.1, 0.15) is 32.1 Å². The molecule has 0 saturated heterocycles. The van der Waals surface area contributed by atoms with Crippen LogP contribution in [0.2, 0.25) is 0 Å². The molecule has 0 unspecified atom stereocenters. The largest absolute Gasteiger partial charge is 0.497 e. The lowest BCUT2D eigenvalue weighted by Crippen LogP contribution is -2.13. The van der Waals surface area contributed by atoms with Crippen LogP contribution in [0.3, 0.4) is 0 Å². The number of ether oxygens (including phenoxy) is 3. The molecule has 122 valence electrons. The number of benzene rings is 1. The number of aryl methyl sites for hydroxylation is 1. The highest BCUT2D eigenvalue weighted by Gasteiger charge is 2.22. The summed E-state index contributed by atoms with van der Waals surface area (Å²) in [6.45, 7) is 3.31. The van der Waals surface area contributed by atoms with Crippen LogP contribution in [0.15, 0.2) is 24.3 Å².